The summed E-state index contributed by atoms with van der Waals surface area (Å²) in [5.41, 5.74) is 1.80. The van der Waals surface area contributed by atoms with Crippen LogP contribution in [0.3, 0.4) is 0 Å². The van der Waals surface area contributed by atoms with Crippen LogP contribution in [0.15, 0.2) is 23.8 Å². The second-order valence-corrected chi connectivity index (χ2v) is 4.38. The van der Waals surface area contributed by atoms with E-state index in [2.05, 4.69) is 0 Å². The predicted molar refractivity (Wildman–Crippen MR) is 71.0 cm³/mol. The van der Waals surface area contributed by atoms with Gasteiger partial charge in [-0.2, -0.15) is 0 Å². The van der Waals surface area contributed by atoms with E-state index in [4.69, 9.17) is 9.47 Å². The minimum atomic E-state index is 0.256. The summed E-state index contributed by atoms with van der Waals surface area (Å²) in [4.78, 5) is 11.8. The van der Waals surface area contributed by atoms with Gasteiger partial charge < -0.3 is 9.47 Å². The zero-order valence-corrected chi connectivity index (χ0v) is 10.9. The van der Waals surface area contributed by atoms with Gasteiger partial charge in [0.2, 0.25) is 0 Å². The van der Waals surface area contributed by atoms with Crippen LogP contribution >= 0.6 is 0 Å². The van der Waals surface area contributed by atoms with Crippen LogP contribution in [-0.2, 0) is 4.79 Å². The van der Waals surface area contributed by atoms with Crippen LogP contribution in [0, 0.1) is 0 Å². The van der Waals surface area contributed by atoms with Gasteiger partial charge in [-0.1, -0.05) is 12.1 Å². The van der Waals surface area contributed by atoms with Gasteiger partial charge in [0, 0.05) is 12.0 Å². The van der Waals surface area contributed by atoms with E-state index in [1.807, 2.05) is 24.3 Å². The molecule has 1 aromatic rings. The highest BCUT2D eigenvalue weighted by molar-refractivity contribution is 6.00. The molecule has 0 heterocycles. The van der Waals surface area contributed by atoms with Crippen molar-refractivity contribution in [2.45, 2.75) is 25.7 Å². The van der Waals surface area contributed by atoms with E-state index in [1.54, 1.807) is 14.2 Å². The summed E-state index contributed by atoms with van der Waals surface area (Å²) in [6, 6.07) is 5.70. The number of carbonyl (C=O) groups excluding carboxylic acids is 1. The van der Waals surface area contributed by atoms with Gasteiger partial charge in [-0.05, 0) is 37.0 Å². The summed E-state index contributed by atoms with van der Waals surface area (Å²) in [6.45, 7) is 0. The zero-order chi connectivity index (χ0) is 13.0. The highest BCUT2D eigenvalue weighted by Crippen LogP contribution is 2.33. The first-order valence-corrected chi connectivity index (χ1v) is 6.21. The van der Waals surface area contributed by atoms with Crippen molar-refractivity contribution in [1.82, 2.24) is 0 Å². The van der Waals surface area contributed by atoms with Gasteiger partial charge in [0.1, 0.15) is 0 Å². The number of para-hydroxylation sites is 1. The van der Waals surface area contributed by atoms with E-state index in [9.17, 15) is 4.79 Å². The number of hydrogen-bond donors (Lipinski definition) is 0. The zero-order valence-electron chi connectivity index (χ0n) is 10.9. The Morgan fingerprint density at radius 3 is 2.56 bits per heavy atom. The number of Topliss-reactive ketones (excluding diaryl/α,β-unsaturated/α-hetero) is 1. The topological polar surface area (TPSA) is 35.5 Å². The quantitative estimate of drug-likeness (QED) is 0.768. The molecule has 1 saturated carbocycles. The van der Waals surface area contributed by atoms with Crippen LogP contribution in [0.2, 0.25) is 0 Å². The molecule has 96 valence electrons. The Morgan fingerprint density at radius 2 is 1.89 bits per heavy atom. The summed E-state index contributed by atoms with van der Waals surface area (Å²) in [5.74, 6) is 1.63. The maximum atomic E-state index is 11.8. The Morgan fingerprint density at radius 1 is 1.11 bits per heavy atom. The van der Waals surface area contributed by atoms with Gasteiger partial charge in [-0.3, -0.25) is 4.79 Å². The minimum Gasteiger partial charge on any atom is -0.493 e. The Bertz CT molecular complexity index is 475. The third kappa shape index (κ3) is 2.55. The van der Waals surface area contributed by atoms with Crippen LogP contribution in [0.4, 0.5) is 0 Å². The van der Waals surface area contributed by atoms with Crippen molar-refractivity contribution in [2.75, 3.05) is 14.2 Å². The molecule has 0 amide bonds. The highest BCUT2D eigenvalue weighted by atomic mass is 16.5. The third-order valence-corrected chi connectivity index (χ3v) is 3.22. The molecule has 1 fully saturated rings. The largest absolute Gasteiger partial charge is 0.493 e. The maximum absolute atomic E-state index is 11.8. The lowest BCUT2D eigenvalue weighted by atomic mass is 9.92. The van der Waals surface area contributed by atoms with Crippen LogP contribution in [-0.4, -0.2) is 20.0 Å². The lowest BCUT2D eigenvalue weighted by Crippen LogP contribution is -2.08. The first-order chi connectivity index (χ1) is 8.76. The average molecular weight is 246 g/mol. The Kier molecular flexibility index (Phi) is 4.03. The third-order valence-electron chi connectivity index (χ3n) is 3.22. The average Bonchev–Trinajstić information content (AvgIpc) is 2.41. The molecule has 3 heteroatoms. The molecular weight excluding hydrogens is 228 g/mol. The van der Waals surface area contributed by atoms with Gasteiger partial charge >= 0.3 is 0 Å². The standard InChI is InChI=1S/C15H18O3/c1-17-14-9-5-7-12(15(14)18-2)10-11-6-3-4-8-13(11)16/h5,7,9-10H,3-4,6,8H2,1-2H3. The number of carbonyl (C=O) groups is 1. The van der Waals surface area contributed by atoms with E-state index >= 15 is 0 Å². The molecule has 0 N–H and O–H groups in total. The first-order valence-electron chi connectivity index (χ1n) is 6.21. The van der Waals surface area contributed by atoms with E-state index in [1.165, 1.54) is 0 Å². The lowest BCUT2D eigenvalue weighted by molar-refractivity contribution is -0.116. The Labute approximate surface area is 107 Å². The van der Waals surface area contributed by atoms with Crippen molar-refractivity contribution in [2.24, 2.45) is 0 Å². The molecule has 0 bridgehead atoms. The predicted octanol–water partition coefficient (Wildman–Crippen LogP) is 3.23. The number of allylic oxidation sites excluding steroid dienone is 1. The van der Waals surface area contributed by atoms with Crippen molar-refractivity contribution < 1.29 is 14.3 Å². The summed E-state index contributed by atoms with van der Waals surface area (Å²) >= 11 is 0. The molecule has 0 saturated heterocycles. The molecule has 0 atom stereocenters. The fourth-order valence-electron chi connectivity index (χ4n) is 2.27. The molecule has 0 spiro atoms. The lowest BCUT2D eigenvalue weighted by Gasteiger charge is -2.14. The number of benzene rings is 1. The molecule has 0 radical (unpaired) electrons. The second-order valence-electron chi connectivity index (χ2n) is 4.38. The van der Waals surface area contributed by atoms with E-state index in [0.717, 1.165) is 30.4 Å². The van der Waals surface area contributed by atoms with Gasteiger partial charge in [0.15, 0.2) is 17.3 Å². The maximum Gasteiger partial charge on any atom is 0.167 e. The number of methoxy groups -OCH3 is 2. The van der Waals surface area contributed by atoms with Crippen molar-refractivity contribution >= 4 is 11.9 Å². The van der Waals surface area contributed by atoms with Gasteiger partial charge in [-0.15, -0.1) is 0 Å². The van der Waals surface area contributed by atoms with Gasteiger partial charge in [-0.25, -0.2) is 0 Å². The molecule has 0 aliphatic heterocycles. The van der Waals surface area contributed by atoms with Crippen LogP contribution < -0.4 is 9.47 Å². The molecule has 1 aromatic carbocycles. The van der Waals surface area contributed by atoms with E-state index < -0.39 is 0 Å². The van der Waals surface area contributed by atoms with Crippen molar-refractivity contribution in [3.63, 3.8) is 0 Å². The summed E-state index contributed by atoms with van der Waals surface area (Å²) < 4.78 is 10.6. The Hall–Kier alpha value is -1.77. The van der Waals surface area contributed by atoms with E-state index in [-0.39, 0.29) is 5.78 Å². The molecule has 0 unspecified atom stereocenters. The fraction of sp³-hybridized carbons (Fsp3) is 0.400. The molecule has 18 heavy (non-hydrogen) atoms. The van der Waals surface area contributed by atoms with Crippen LogP contribution in [0.25, 0.3) is 6.08 Å². The molecule has 2 rings (SSSR count). The molecular formula is C15H18O3. The highest BCUT2D eigenvalue weighted by Gasteiger charge is 2.16. The molecule has 1 aliphatic carbocycles. The van der Waals surface area contributed by atoms with Crippen molar-refractivity contribution in [3.05, 3.63) is 29.3 Å². The number of hydrogen-bond acceptors (Lipinski definition) is 3. The molecule has 0 aromatic heterocycles. The Balaban J connectivity index is 2.38. The smallest absolute Gasteiger partial charge is 0.167 e. The second kappa shape index (κ2) is 5.71. The summed E-state index contributed by atoms with van der Waals surface area (Å²) in [6.07, 6.45) is 5.55. The van der Waals surface area contributed by atoms with Crippen LogP contribution in [0.1, 0.15) is 31.2 Å². The molecule has 3 nitrogen and oxygen atoms in total. The fourth-order valence-corrected chi connectivity index (χ4v) is 2.27. The van der Waals surface area contributed by atoms with Crippen LogP contribution in [0.5, 0.6) is 11.5 Å². The van der Waals surface area contributed by atoms with E-state index in [0.29, 0.717) is 17.9 Å². The van der Waals surface area contributed by atoms with Crippen molar-refractivity contribution in [1.29, 1.82) is 0 Å². The number of ketones is 1. The summed E-state index contributed by atoms with van der Waals surface area (Å²) in [5, 5.41) is 0. The first kappa shape index (κ1) is 12.7. The minimum absolute atomic E-state index is 0.256. The van der Waals surface area contributed by atoms with Gasteiger partial charge in [0.25, 0.3) is 0 Å². The van der Waals surface area contributed by atoms with Crippen molar-refractivity contribution in [3.8, 4) is 11.5 Å². The summed E-state index contributed by atoms with van der Waals surface area (Å²) in [7, 11) is 3.23. The van der Waals surface area contributed by atoms with Gasteiger partial charge in [0.05, 0.1) is 14.2 Å². The SMILES string of the molecule is COc1cccc(C=C2CCCCC2=O)c1OC. The molecule has 1 aliphatic rings. The number of rotatable bonds is 3. The normalized spacial score (nSPS) is 17.9. The number of ether oxygens (including phenoxy) is 2. The monoisotopic (exact) mass is 246 g/mol.